The van der Waals surface area contributed by atoms with E-state index in [4.69, 9.17) is 39.5 Å². The number of nitrogens with zero attached hydrogens (tertiary/aromatic N) is 1. The first-order valence-corrected chi connectivity index (χ1v) is 4.35. The zero-order valence-electron chi connectivity index (χ0n) is 6.52. The number of hydrogen-bond acceptors (Lipinski definition) is 2. The molecule has 0 aliphatic rings. The third-order valence-electron chi connectivity index (χ3n) is 1.31. The molecule has 13 heavy (non-hydrogen) atoms. The summed E-state index contributed by atoms with van der Waals surface area (Å²) in [6, 6.07) is 2.39. The van der Waals surface area contributed by atoms with E-state index in [0.717, 1.165) is 6.07 Å². The second kappa shape index (κ2) is 3.86. The van der Waals surface area contributed by atoms with Gasteiger partial charge in [-0.1, -0.05) is 34.8 Å². The van der Waals surface area contributed by atoms with Crippen LogP contribution in [0, 0.1) is 5.95 Å². The van der Waals surface area contributed by atoms with Crippen molar-refractivity contribution in [3.8, 4) is 5.88 Å². The van der Waals surface area contributed by atoms with Crippen LogP contribution in [-0.2, 0) is 3.79 Å². The number of methoxy groups -OCH3 is 1. The van der Waals surface area contributed by atoms with Crippen LogP contribution in [0.2, 0.25) is 0 Å². The van der Waals surface area contributed by atoms with E-state index in [1.165, 1.54) is 13.2 Å². The van der Waals surface area contributed by atoms with Gasteiger partial charge in [0.05, 0.1) is 7.11 Å². The minimum Gasteiger partial charge on any atom is -0.481 e. The van der Waals surface area contributed by atoms with Gasteiger partial charge in [0.15, 0.2) is 0 Å². The van der Waals surface area contributed by atoms with Gasteiger partial charge in [-0.25, -0.2) is 0 Å². The Labute approximate surface area is 89.6 Å². The van der Waals surface area contributed by atoms with Gasteiger partial charge in [-0.15, -0.1) is 0 Å². The average molecular weight is 244 g/mol. The number of halogens is 4. The van der Waals surface area contributed by atoms with Gasteiger partial charge in [-0.3, -0.25) is 0 Å². The summed E-state index contributed by atoms with van der Waals surface area (Å²) in [4.78, 5) is 3.40. The molecule has 1 rings (SSSR count). The zero-order chi connectivity index (χ0) is 10.1. The first-order valence-electron chi connectivity index (χ1n) is 3.22. The fourth-order valence-corrected chi connectivity index (χ4v) is 1.07. The van der Waals surface area contributed by atoms with Crippen molar-refractivity contribution in [1.29, 1.82) is 0 Å². The van der Waals surface area contributed by atoms with Crippen molar-refractivity contribution >= 4 is 34.8 Å². The molecule has 0 aromatic carbocycles. The average Bonchev–Trinajstić information content (AvgIpc) is 2.01. The van der Waals surface area contributed by atoms with E-state index in [9.17, 15) is 4.39 Å². The summed E-state index contributed by atoms with van der Waals surface area (Å²) in [7, 11) is 1.35. The van der Waals surface area contributed by atoms with Crippen molar-refractivity contribution in [2.24, 2.45) is 0 Å². The minimum absolute atomic E-state index is 0.0707. The number of aromatic nitrogens is 1. The summed E-state index contributed by atoms with van der Waals surface area (Å²) in [6.07, 6.45) is 0. The maximum atomic E-state index is 12.8. The Bertz CT molecular complexity index is 313. The summed E-state index contributed by atoms with van der Waals surface area (Å²) in [5.74, 6) is -0.679. The molecule has 2 nitrogen and oxygen atoms in total. The summed E-state index contributed by atoms with van der Waals surface area (Å²) < 4.78 is 15.8. The predicted molar refractivity (Wildman–Crippen MR) is 50.0 cm³/mol. The van der Waals surface area contributed by atoms with Crippen molar-refractivity contribution in [2.75, 3.05) is 7.11 Å². The van der Waals surface area contributed by atoms with Crippen LogP contribution >= 0.6 is 34.8 Å². The third kappa shape index (κ3) is 2.86. The summed E-state index contributed by atoms with van der Waals surface area (Å²) in [5, 5.41) is 0. The molecule has 0 amide bonds. The van der Waals surface area contributed by atoms with Crippen LogP contribution in [0.4, 0.5) is 4.39 Å². The molecule has 0 saturated carbocycles. The lowest BCUT2D eigenvalue weighted by Gasteiger charge is -2.11. The Kier molecular flexibility index (Phi) is 3.22. The van der Waals surface area contributed by atoms with E-state index in [2.05, 4.69) is 4.98 Å². The van der Waals surface area contributed by atoms with E-state index < -0.39 is 9.74 Å². The highest BCUT2D eigenvalue weighted by Gasteiger charge is 2.24. The number of alkyl halides is 3. The number of ether oxygens (including phenoxy) is 1. The lowest BCUT2D eigenvalue weighted by Crippen LogP contribution is -2.03. The largest absolute Gasteiger partial charge is 0.481 e. The molecule has 1 heterocycles. The van der Waals surface area contributed by atoms with Crippen LogP contribution < -0.4 is 4.74 Å². The maximum Gasteiger partial charge on any atom is 0.216 e. The predicted octanol–water partition coefficient (Wildman–Crippen LogP) is 3.06. The van der Waals surface area contributed by atoms with E-state index in [-0.39, 0.29) is 11.4 Å². The van der Waals surface area contributed by atoms with Crippen LogP contribution in [0.1, 0.15) is 5.56 Å². The van der Waals surface area contributed by atoms with Crippen molar-refractivity contribution in [2.45, 2.75) is 3.79 Å². The molecule has 0 aliphatic heterocycles. The molecule has 0 unspecified atom stereocenters. The molecule has 0 atom stereocenters. The zero-order valence-corrected chi connectivity index (χ0v) is 8.79. The van der Waals surface area contributed by atoms with E-state index >= 15 is 0 Å². The molecular weight excluding hydrogens is 239 g/mol. The molecule has 6 heteroatoms. The standard InChI is InChI=1S/C7H5Cl3FNO/c1-13-6-3-4(7(8,9)10)2-5(11)12-6/h2-3H,1H3. The summed E-state index contributed by atoms with van der Waals surface area (Å²) in [5.41, 5.74) is 0.182. The van der Waals surface area contributed by atoms with Crippen LogP contribution in [0.25, 0.3) is 0 Å². The summed E-state index contributed by atoms with van der Waals surface area (Å²) in [6.45, 7) is 0. The van der Waals surface area contributed by atoms with Gasteiger partial charge >= 0.3 is 0 Å². The fourth-order valence-electron chi connectivity index (χ4n) is 0.741. The highest BCUT2D eigenvalue weighted by atomic mass is 35.6. The molecule has 0 aliphatic carbocycles. The Morgan fingerprint density at radius 1 is 1.38 bits per heavy atom. The molecule has 0 radical (unpaired) electrons. The van der Waals surface area contributed by atoms with E-state index in [0.29, 0.717) is 0 Å². The smallest absolute Gasteiger partial charge is 0.216 e. The van der Waals surface area contributed by atoms with Gasteiger partial charge in [0.2, 0.25) is 15.6 Å². The minimum atomic E-state index is -1.67. The topological polar surface area (TPSA) is 22.1 Å². The van der Waals surface area contributed by atoms with E-state index in [1.807, 2.05) is 0 Å². The monoisotopic (exact) mass is 243 g/mol. The normalized spacial score (nSPS) is 11.5. The quantitative estimate of drug-likeness (QED) is 0.559. The SMILES string of the molecule is COc1cc(C(Cl)(Cl)Cl)cc(F)n1. The molecule has 0 spiro atoms. The van der Waals surface area contributed by atoms with Crippen LogP contribution in [0.3, 0.4) is 0 Å². The Hall–Kier alpha value is -0.250. The molecule has 0 saturated heterocycles. The van der Waals surface area contributed by atoms with Gasteiger partial charge in [-0.2, -0.15) is 9.37 Å². The second-order valence-electron chi connectivity index (χ2n) is 2.22. The van der Waals surface area contributed by atoms with Crippen molar-refractivity contribution in [1.82, 2.24) is 4.98 Å². The van der Waals surface area contributed by atoms with Crippen molar-refractivity contribution in [3.05, 3.63) is 23.6 Å². The van der Waals surface area contributed by atoms with Gasteiger partial charge in [0.25, 0.3) is 0 Å². The highest BCUT2D eigenvalue weighted by Crippen LogP contribution is 2.39. The Balaban J connectivity index is 3.16. The van der Waals surface area contributed by atoms with Crippen LogP contribution in [0.15, 0.2) is 12.1 Å². The number of pyridine rings is 1. The fraction of sp³-hybridized carbons (Fsp3) is 0.286. The second-order valence-corrected chi connectivity index (χ2v) is 4.50. The van der Waals surface area contributed by atoms with Crippen LogP contribution in [0.5, 0.6) is 5.88 Å². The first-order chi connectivity index (χ1) is 5.93. The van der Waals surface area contributed by atoms with Gasteiger partial charge in [-0.05, 0) is 0 Å². The maximum absolute atomic E-state index is 12.8. The molecule has 1 aromatic rings. The molecular formula is C7H5Cl3FNO. The van der Waals surface area contributed by atoms with Crippen molar-refractivity contribution in [3.63, 3.8) is 0 Å². The number of hydrogen-bond donors (Lipinski definition) is 0. The lowest BCUT2D eigenvalue weighted by atomic mass is 10.3. The summed E-state index contributed by atoms with van der Waals surface area (Å²) >= 11 is 16.6. The Morgan fingerprint density at radius 2 is 2.00 bits per heavy atom. The number of rotatable bonds is 1. The molecule has 1 aromatic heterocycles. The first kappa shape index (κ1) is 10.8. The Morgan fingerprint density at radius 3 is 2.46 bits per heavy atom. The van der Waals surface area contributed by atoms with Crippen LogP contribution in [-0.4, -0.2) is 12.1 Å². The van der Waals surface area contributed by atoms with Crippen molar-refractivity contribution < 1.29 is 9.13 Å². The highest BCUT2D eigenvalue weighted by molar-refractivity contribution is 6.66. The molecule has 0 fully saturated rings. The van der Waals surface area contributed by atoms with Gasteiger partial charge in [0.1, 0.15) is 0 Å². The molecule has 0 bridgehead atoms. The third-order valence-corrected chi connectivity index (χ3v) is 1.96. The van der Waals surface area contributed by atoms with Gasteiger partial charge < -0.3 is 4.74 Å². The molecule has 0 N–H and O–H groups in total. The van der Waals surface area contributed by atoms with Gasteiger partial charge in [0, 0.05) is 17.7 Å². The van der Waals surface area contributed by atoms with E-state index in [1.54, 1.807) is 0 Å². The lowest BCUT2D eigenvalue weighted by molar-refractivity contribution is 0.386. The molecule has 72 valence electrons.